The van der Waals surface area contributed by atoms with E-state index in [1.54, 1.807) is 17.0 Å². The van der Waals surface area contributed by atoms with Crippen LogP contribution in [0.5, 0.6) is 0 Å². The molecule has 1 aromatic heterocycles. The van der Waals surface area contributed by atoms with Crippen LogP contribution in [0.15, 0.2) is 35.7 Å². The number of carbonyl (C=O) groups excluding carboxylic acids is 1. The molecule has 0 aliphatic carbocycles. The highest BCUT2D eigenvalue weighted by Gasteiger charge is 2.35. The number of anilines is 1. The molecule has 2 aliphatic rings. The lowest BCUT2D eigenvalue weighted by molar-refractivity contribution is -0.118. The number of nitrogens with zero attached hydrogens (tertiary/aromatic N) is 1. The van der Waals surface area contributed by atoms with Crippen LogP contribution >= 0.6 is 22.9 Å². The number of sulfonamides is 1. The van der Waals surface area contributed by atoms with Crippen molar-refractivity contribution < 1.29 is 13.2 Å². The number of fused-ring (bicyclic) bond motifs is 1. The second-order valence-electron chi connectivity index (χ2n) is 7.38. The van der Waals surface area contributed by atoms with Gasteiger partial charge in [-0.25, -0.2) is 8.42 Å². The first-order chi connectivity index (χ1) is 13.8. The van der Waals surface area contributed by atoms with Gasteiger partial charge in [-0.3, -0.25) is 4.79 Å². The Balaban J connectivity index is 1.45. The fraction of sp³-hybridized carbons (Fsp3) is 0.350. The summed E-state index contributed by atoms with van der Waals surface area (Å²) in [6.45, 7) is 3.46. The van der Waals surface area contributed by atoms with Gasteiger partial charge in [0, 0.05) is 35.1 Å². The van der Waals surface area contributed by atoms with Crippen molar-refractivity contribution in [1.82, 2.24) is 10.0 Å². The van der Waals surface area contributed by atoms with Gasteiger partial charge in [0.25, 0.3) is 0 Å². The first kappa shape index (κ1) is 20.6. The van der Waals surface area contributed by atoms with E-state index in [2.05, 4.69) is 23.0 Å². The minimum Gasteiger partial charge on any atom is -0.311 e. The second kappa shape index (κ2) is 8.20. The fourth-order valence-electron chi connectivity index (χ4n) is 3.69. The van der Waals surface area contributed by atoms with Gasteiger partial charge in [0.05, 0.1) is 4.34 Å². The number of nitrogens with one attached hydrogen (secondary N) is 2. The zero-order valence-electron chi connectivity index (χ0n) is 15.9. The molecule has 2 N–H and O–H groups in total. The van der Waals surface area contributed by atoms with E-state index in [9.17, 15) is 13.2 Å². The average Bonchev–Trinajstić information content (AvgIpc) is 3.25. The van der Waals surface area contributed by atoms with Gasteiger partial charge in [0.1, 0.15) is 6.04 Å². The second-order valence-corrected chi connectivity index (χ2v) is 10.7. The summed E-state index contributed by atoms with van der Waals surface area (Å²) >= 11 is 7.15. The maximum absolute atomic E-state index is 12.8. The molecule has 0 bridgehead atoms. The molecule has 1 aromatic carbocycles. The van der Waals surface area contributed by atoms with E-state index in [0.29, 0.717) is 23.3 Å². The minimum absolute atomic E-state index is 0.219. The topological polar surface area (TPSA) is 78.5 Å². The Kier molecular flexibility index (Phi) is 5.81. The van der Waals surface area contributed by atoms with Gasteiger partial charge in [0.15, 0.2) is 0 Å². The number of hydrogen-bond donors (Lipinski definition) is 2. The maximum atomic E-state index is 12.8. The van der Waals surface area contributed by atoms with Crippen molar-refractivity contribution in [3.8, 4) is 0 Å². The van der Waals surface area contributed by atoms with Crippen LogP contribution in [0.3, 0.4) is 0 Å². The first-order valence-corrected chi connectivity index (χ1v) is 12.2. The molecule has 9 heteroatoms. The van der Waals surface area contributed by atoms with Crippen LogP contribution in [0.1, 0.15) is 29.3 Å². The van der Waals surface area contributed by atoms with Gasteiger partial charge in [-0.15, -0.1) is 11.3 Å². The summed E-state index contributed by atoms with van der Waals surface area (Å²) in [6.07, 6.45) is 2.83. The average molecular weight is 452 g/mol. The van der Waals surface area contributed by atoms with Crippen LogP contribution in [0.2, 0.25) is 4.34 Å². The smallest absolute Gasteiger partial charge is 0.245 e. The van der Waals surface area contributed by atoms with E-state index in [1.807, 2.05) is 12.1 Å². The Labute approximate surface area is 179 Å². The number of carbonyl (C=O) groups is 1. The van der Waals surface area contributed by atoms with Crippen molar-refractivity contribution in [1.29, 1.82) is 0 Å². The predicted octanol–water partition coefficient (Wildman–Crippen LogP) is 3.13. The third-order valence-corrected chi connectivity index (χ3v) is 7.49. The summed E-state index contributed by atoms with van der Waals surface area (Å²) in [6, 6.07) is 9.13. The van der Waals surface area contributed by atoms with Crippen molar-refractivity contribution >= 4 is 50.6 Å². The summed E-state index contributed by atoms with van der Waals surface area (Å²) < 4.78 is 27.9. The fourth-order valence-corrected chi connectivity index (χ4v) is 5.76. The van der Waals surface area contributed by atoms with Crippen LogP contribution in [-0.4, -0.2) is 33.0 Å². The maximum Gasteiger partial charge on any atom is 0.245 e. The number of halogens is 1. The monoisotopic (exact) mass is 451 g/mol. The van der Waals surface area contributed by atoms with Gasteiger partial charge in [-0.1, -0.05) is 17.7 Å². The third kappa shape index (κ3) is 4.73. The van der Waals surface area contributed by atoms with Crippen molar-refractivity contribution in [3.63, 3.8) is 0 Å². The predicted molar refractivity (Wildman–Crippen MR) is 118 cm³/mol. The van der Waals surface area contributed by atoms with Crippen LogP contribution < -0.4 is 14.9 Å². The highest BCUT2D eigenvalue weighted by molar-refractivity contribution is 7.92. The number of rotatable bonds is 5. The van der Waals surface area contributed by atoms with Crippen LogP contribution in [-0.2, 0) is 27.8 Å². The van der Waals surface area contributed by atoms with Gasteiger partial charge < -0.3 is 10.2 Å². The van der Waals surface area contributed by atoms with Gasteiger partial charge in [-0.2, -0.15) is 4.72 Å². The molecule has 29 heavy (non-hydrogen) atoms. The summed E-state index contributed by atoms with van der Waals surface area (Å²) in [7, 11) is -3.74. The van der Waals surface area contributed by atoms with Crippen molar-refractivity contribution in [2.75, 3.05) is 11.4 Å². The van der Waals surface area contributed by atoms with Gasteiger partial charge in [0.2, 0.25) is 15.9 Å². The largest absolute Gasteiger partial charge is 0.311 e. The number of hydrogen-bond acceptors (Lipinski definition) is 5. The molecular formula is C20H22ClN3O3S2. The number of benzene rings is 1. The molecule has 6 nitrogen and oxygen atoms in total. The summed E-state index contributed by atoms with van der Waals surface area (Å²) in [4.78, 5) is 15.2. The molecule has 0 radical (unpaired) electrons. The molecule has 2 aromatic rings. The lowest BCUT2D eigenvalue weighted by atomic mass is 9.96. The van der Waals surface area contributed by atoms with Crippen molar-refractivity contribution in [3.05, 3.63) is 56.1 Å². The highest BCUT2D eigenvalue weighted by Crippen LogP contribution is 2.27. The summed E-state index contributed by atoms with van der Waals surface area (Å²) in [5.41, 5.74) is 3.31. The van der Waals surface area contributed by atoms with Crippen LogP contribution in [0, 0.1) is 0 Å². The molecule has 1 amide bonds. The SMILES string of the molecule is CC1Cc2cc(N3CCC(NS(=O)(=O)/C=C/c4ccc(Cl)s4)C3=O)ccc2CN1. The Morgan fingerprint density at radius 1 is 1.28 bits per heavy atom. The zero-order valence-corrected chi connectivity index (χ0v) is 18.3. The molecular weight excluding hydrogens is 430 g/mol. The van der Waals surface area contributed by atoms with E-state index in [1.165, 1.54) is 28.5 Å². The molecule has 154 valence electrons. The molecule has 1 fully saturated rings. The van der Waals surface area contributed by atoms with E-state index in [0.717, 1.165) is 28.9 Å². The Morgan fingerprint density at radius 2 is 2.10 bits per heavy atom. The van der Waals surface area contributed by atoms with Gasteiger partial charge >= 0.3 is 0 Å². The van der Waals surface area contributed by atoms with E-state index >= 15 is 0 Å². The van der Waals surface area contributed by atoms with Gasteiger partial charge in [-0.05, 0) is 61.2 Å². The summed E-state index contributed by atoms with van der Waals surface area (Å²) in [5, 5.41) is 4.51. The van der Waals surface area contributed by atoms with E-state index in [4.69, 9.17) is 11.6 Å². The molecule has 3 heterocycles. The van der Waals surface area contributed by atoms with E-state index < -0.39 is 16.1 Å². The summed E-state index contributed by atoms with van der Waals surface area (Å²) in [5.74, 6) is -0.219. The molecule has 1 saturated heterocycles. The molecule has 0 spiro atoms. The van der Waals surface area contributed by atoms with Crippen molar-refractivity contribution in [2.24, 2.45) is 0 Å². The standard InChI is InChI=1S/C20H22ClN3O3S2/c1-13-10-15-11-16(3-2-14(15)12-22-13)24-8-6-18(20(24)25)23-29(26,27)9-7-17-4-5-19(21)28-17/h2-5,7,9,11,13,18,22-23H,6,8,10,12H2,1H3/b9-7+. The van der Waals surface area contributed by atoms with Crippen molar-refractivity contribution in [2.45, 2.75) is 38.4 Å². The van der Waals surface area contributed by atoms with E-state index in [-0.39, 0.29) is 5.91 Å². The van der Waals surface area contributed by atoms with Crippen LogP contribution in [0.4, 0.5) is 5.69 Å². The van der Waals surface area contributed by atoms with Crippen LogP contribution in [0.25, 0.3) is 6.08 Å². The lowest BCUT2D eigenvalue weighted by Crippen LogP contribution is -2.40. The Morgan fingerprint density at radius 3 is 2.86 bits per heavy atom. The third-order valence-electron chi connectivity index (χ3n) is 5.19. The molecule has 0 saturated carbocycles. The minimum atomic E-state index is -3.74. The normalized spacial score (nSPS) is 22.4. The molecule has 2 atom stereocenters. The molecule has 4 rings (SSSR count). The molecule has 2 aliphatic heterocycles. The number of amides is 1. The Hall–Kier alpha value is -1.71. The highest BCUT2D eigenvalue weighted by atomic mass is 35.5. The quantitative estimate of drug-likeness (QED) is 0.732. The first-order valence-electron chi connectivity index (χ1n) is 9.43. The number of thiophene rings is 1. The Bertz CT molecular complexity index is 1060. The molecule has 2 unspecified atom stereocenters. The lowest BCUT2D eigenvalue weighted by Gasteiger charge is -2.25. The zero-order chi connectivity index (χ0) is 20.6.